The summed E-state index contributed by atoms with van der Waals surface area (Å²) in [5.74, 6) is 1.84. The number of hydrogen-bond donors (Lipinski definition) is 1. The van der Waals surface area contributed by atoms with Crippen LogP contribution in [0.1, 0.15) is 12.5 Å². The molecular weight excluding hydrogens is 300 g/mol. The molecule has 1 rings (SSSR count). The van der Waals surface area contributed by atoms with Gasteiger partial charge >= 0.3 is 5.97 Å². The summed E-state index contributed by atoms with van der Waals surface area (Å²) in [5, 5.41) is 9.17. The second-order valence-electron chi connectivity index (χ2n) is 3.74. The van der Waals surface area contributed by atoms with Crippen molar-refractivity contribution in [3.63, 3.8) is 0 Å². The Morgan fingerprint density at radius 2 is 2.25 bits per heavy atom. The lowest BCUT2D eigenvalue weighted by atomic mass is 10.1. The van der Waals surface area contributed by atoms with Gasteiger partial charge in [0, 0.05) is 28.5 Å². The second kappa shape index (κ2) is 8.76. The molecule has 0 aliphatic carbocycles. The summed E-state index contributed by atoms with van der Waals surface area (Å²) in [6.45, 7) is 2.60. The number of carboxylic acids is 1. The molecule has 6 heteroatoms. The fourth-order valence-corrected chi connectivity index (χ4v) is 2.23. The van der Waals surface area contributed by atoms with Crippen molar-refractivity contribution in [3.05, 3.63) is 28.8 Å². The van der Waals surface area contributed by atoms with Gasteiger partial charge in [-0.3, -0.25) is 0 Å². The van der Waals surface area contributed by atoms with Gasteiger partial charge in [-0.25, -0.2) is 4.79 Å². The lowest BCUT2D eigenvalue weighted by Crippen LogP contribution is -2.03. The molecule has 0 atom stereocenters. The van der Waals surface area contributed by atoms with E-state index in [1.54, 1.807) is 23.9 Å². The Labute approximate surface area is 127 Å². The zero-order valence-corrected chi connectivity index (χ0v) is 13.0. The van der Waals surface area contributed by atoms with Crippen molar-refractivity contribution in [3.8, 4) is 11.5 Å². The average Bonchev–Trinajstić information content (AvgIpc) is 2.42. The van der Waals surface area contributed by atoms with E-state index in [4.69, 9.17) is 26.2 Å². The van der Waals surface area contributed by atoms with Gasteiger partial charge in [-0.15, -0.1) is 0 Å². The average molecular weight is 317 g/mol. The van der Waals surface area contributed by atoms with Crippen molar-refractivity contribution in [2.45, 2.75) is 6.92 Å². The summed E-state index contributed by atoms with van der Waals surface area (Å²) >= 11 is 7.74. The number of carboxylic acid groups (broad SMARTS) is 1. The molecule has 0 saturated heterocycles. The number of aliphatic carboxylic acids is 1. The van der Waals surface area contributed by atoms with Crippen LogP contribution >= 0.6 is 23.4 Å². The first kappa shape index (κ1) is 16.7. The molecule has 0 bridgehead atoms. The first-order valence-corrected chi connectivity index (χ1v) is 7.60. The Morgan fingerprint density at radius 3 is 2.85 bits per heavy atom. The standard InChI is InChI=1S/C14H17ClO4S/c1-3-20-7-6-19-14-10(4-5-13(16)17)8-11(15)9-12(14)18-2/h4-5,8-9H,3,6-7H2,1-2H3,(H,16,17)/b5-4+. The van der Waals surface area contributed by atoms with Gasteiger partial charge in [-0.2, -0.15) is 11.8 Å². The van der Waals surface area contributed by atoms with Gasteiger partial charge < -0.3 is 14.6 Å². The van der Waals surface area contributed by atoms with E-state index in [-0.39, 0.29) is 0 Å². The minimum absolute atomic E-state index is 0.460. The highest BCUT2D eigenvalue weighted by atomic mass is 35.5. The molecule has 1 aromatic rings. The highest BCUT2D eigenvalue weighted by Gasteiger charge is 2.11. The number of thioether (sulfide) groups is 1. The molecule has 110 valence electrons. The summed E-state index contributed by atoms with van der Waals surface area (Å²) in [4.78, 5) is 10.6. The lowest BCUT2D eigenvalue weighted by Gasteiger charge is -2.14. The number of halogens is 1. The van der Waals surface area contributed by atoms with Crippen LogP contribution < -0.4 is 9.47 Å². The fourth-order valence-electron chi connectivity index (χ4n) is 1.53. The van der Waals surface area contributed by atoms with Gasteiger partial charge in [0.2, 0.25) is 0 Å². The van der Waals surface area contributed by atoms with Crippen molar-refractivity contribution >= 4 is 35.4 Å². The van der Waals surface area contributed by atoms with E-state index in [9.17, 15) is 4.79 Å². The van der Waals surface area contributed by atoms with Gasteiger partial charge in [0.05, 0.1) is 13.7 Å². The minimum atomic E-state index is -1.03. The molecule has 0 aromatic heterocycles. The molecule has 0 heterocycles. The van der Waals surface area contributed by atoms with Crippen LogP contribution in [-0.2, 0) is 4.79 Å². The monoisotopic (exact) mass is 316 g/mol. The van der Waals surface area contributed by atoms with Crippen molar-refractivity contribution in [1.29, 1.82) is 0 Å². The van der Waals surface area contributed by atoms with E-state index in [0.29, 0.717) is 28.7 Å². The van der Waals surface area contributed by atoms with Crippen LogP contribution in [-0.4, -0.2) is 36.3 Å². The molecular formula is C14H17ClO4S. The third-order valence-corrected chi connectivity index (χ3v) is 3.43. The Morgan fingerprint density at radius 1 is 1.50 bits per heavy atom. The molecule has 0 aliphatic rings. The minimum Gasteiger partial charge on any atom is -0.493 e. The number of ether oxygens (including phenoxy) is 2. The maximum absolute atomic E-state index is 10.6. The zero-order chi connectivity index (χ0) is 15.0. The van der Waals surface area contributed by atoms with Gasteiger partial charge in [0.1, 0.15) is 0 Å². The molecule has 0 fully saturated rings. The van der Waals surface area contributed by atoms with Gasteiger partial charge in [-0.05, 0) is 17.9 Å². The summed E-state index contributed by atoms with van der Waals surface area (Å²) in [7, 11) is 1.52. The van der Waals surface area contributed by atoms with Crippen LogP contribution in [0.25, 0.3) is 6.08 Å². The van der Waals surface area contributed by atoms with E-state index in [2.05, 4.69) is 6.92 Å². The summed E-state index contributed by atoms with van der Waals surface area (Å²) in [6.07, 6.45) is 2.48. The third-order valence-electron chi connectivity index (χ3n) is 2.35. The molecule has 0 aliphatic heterocycles. The second-order valence-corrected chi connectivity index (χ2v) is 5.57. The molecule has 0 radical (unpaired) electrons. The van der Waals surface area contributed by atoms with Crippen LogP contribution in [0.3, 0.4) is 0 Å². The third kappa shape index (κ3) is 5.35. The highest BCUT2D eigenvalue weighted by molar-refractivity contribution is 7.99. The van der Waals surface area contributed by atoms with E-state index in [0.717, 1.165) is 17.6 Å². The van der Waals surface area contributed by atoms with E-state index in [1.165, 1.54) is 13.2 Å². The van der Waals surface area contributed by atoms with Crippen molar-refractivity contribution in [2.24, 2.45) is 0 Å². The number of hydrogen-bond acceptors (Lipinski definition) is 4. The molecule has 0 amide bonds. The number of carbonyl (C=O) groups is 1. The van der Waals surface area contributed by atoms with E-state index >= 15 is 0 Å². The number of rotatable bonds is 8. The Kier molecular flexibility index (Phi) is 7.33. The fraction of sp³-hybridized carbons (Fsp3) is 0.357. The predicted molar refractivity (Wildman–Crippen MR) is 83.2 cm³/mol. The first-order valence-electron chi connectivity index (χ1n) is 6.07. The Balaban J connectivity index is 2.99. The quantitative estimate of drug-likeness (QED) is 0.587. The highest BCUT2D eigenvalue weighted by Crippen LogP contribution is 2.35. The van der Waals surface area contributed by atoms with Crippen molar-refractivity contribution < 1.29 is 19.4 Å². The maximum atomic E-state index is 10.6. The first-order chi connectivity index (χ1) is 9.58. The Hall–Kier alpha value is -1.33. The van der Waals surface area contributed by atoms with Gasteiger partial charge in [-0.1, -0.05) is 18.5 Å². The van der Waals surface area contributed by atoms with Crippen molar-refractivity contribution in [1.82, 2.24) is 0 Å². The molecule has 0 unspecified atom stereocenters. The topological polar surface area (TPSA) is 55.8 Å². The van der Waals surface area contributed by atoms with Gasteiger partial charge in [0.25, 0.3) is 0 Å². The summed E-state index contributed by atoms with van der Waals surface area (Å²) in [6, 6.07) is 3.29. The normalized spacial score (nSPS) is 10.8. The molecule has 4 nitrogen and oxygen atoms in total. The van der Waals surface area contributed by atoms with Crippen LogP contribution in [0, 0.1) is 0 Å². The zero-order valence-electron chi connectivity index (χ0n) is 11.4. The predicted octanol–water partition coefficient (Wildman–Crippen LogP) is 3.58. The molecule has 0 saturated carbocycles. The van der Waals surface area contributed by atoms with E-state index in [1.807, 2.05) is 0 Å². The van der Waals surface area contributed by atoms with Crippen LogP contribution in [0.4, 0.5) is 0 Å². The number of benzene rings is 1. The van der Waals surface area contributed by atoms with E-state index < -0.39 is 5.97 Å². The number of methoxy groups -OCH3 is 1. The van der Waals surface area contributed by atoms with Gasteiger partial charge in [0.15, 0.2) is 11.5 Å². The Bertz CT molecular complexity index is 488. The lowest BCUT2D eigenvalue weighted by molar-refractivity contribution is -0.131. The molecule has 0 spiro atoms. The van der Waals surface area contributed by atoms with Crippen molar-refractivity contribution in [2.75, 3.05) is 25.2 Å². The summed E-state index contributed by atoms with van der Waals surface area (Å²) < 4.78 is 10.9. The smallest absolute Gasteiger partial charge is 0.328 e. The molecule has 1 N–H and O–H groups in total. The van der Waals surface area contributed by atoms with Crippen LogP contribution in [0.5, 0.6) is 11.5 Å². The van der Waals surface area contributed by atoms with Crippen LogP contribution in [0.15, 0.2) is 18.2 Å². The largest absolute Gasteiger partial charge is 0.493 e. The SMILES string of the molecule is CCSCCOc1c(/C=C/C(=O)O)cc(Cl)cc1OC. The molecule has 1 aromatic carbocycles. The maximum Gasteiger partial charge on any atom is 0.328 e. The summed E-state index contributed by atoms with van der Waals surface area (Å²) in [5.41, 5.74) is 0.582. The molecule has 20 heavy (non-hydrogen) atoms. The van der Waals surface area contributed by atoms with Crippen LogP contribution in [0.2, 0.25) is 5.02 Å².